The van der Waals surface area contributed by atoms with E-state index in [1.807, 2.05) is 0 Å². The average Bonchev–Trinajstić information content (AvgIpc) is 1.57. The van der Waals surface area contributed by atoms with E-state index in [1.54, 1.807) is 0 Å². The van der Waals surface area contributed by atoms with Gasteiger partial charge in [0.25, 0.3) is 0 Å². The molecule has 4 heterocycles. The van der Waals surface area contributed by atoms with Crippen LogP contribution in [-0.4, -0.2) is 19.9 Å². The van der Waals surface area contributed by atoms with Gasteiger partial charge in [0.1, 0.15) is 0 Å². The van der Waals surface area contributed by atoms with E-state index in [2.05, 4.69) is 381 Å². The van der Waals surface area contributed by atoms with Gasteiger partial charge in [0.2, 0.25) is 0 Å². The number of aromatic nitrogens is 4. The van der Waals surface area contributed by atoms with Gasteiger partial charge >= 0.3 is 0 Å². The molecule has 2 aliphatic heterocycles. The minimum absolute atomic E-state index is 0.327. The topological polar surface area (TPSA) is 57.4 Å². The molecule has 7 aliphatic rings. The van der Waals surface area contributed by atoms with Gasteiger partial charge in [0.05, 0.1) is 44.8 Å². The predicted octanol–water partition coefficient (Wildman–Crippen LogP) is 29.8. The largest absolute Gasteiger partial charge is 0.353 e. The molecular weight excluding hydrogens is 1400 g/mol. The monoisotopic (exact) mass is 1480 g/mol. The Labute approximate surface area is 673 Å². The summed E-state index contributed by atoms with van der Waals surface area (Å²) in [5.41, 5.74) is 39.5. The lowest BCUT2D eigenvalue weighted by Crippen LogP contribution is -2.14. The third-order valence-corrected chi connectivity index (χ3v) is 28.0. The van der Waals surface area contributed by atoms with Crippen LogP contribution in [0, 0.1) is 0 Å². The molecule has 0 saturated heterocycles. The van der Waals surface area contributed by atoms with Gasteiger partial charge in [-0.3, -0.25) is 0 Å². The van der Waals surface area contributed by atoms with Gasteiger partial charge in [0, 0.05) is 87.7 Å². The second-order valence-electron chi connectivity index (χ2n) is 35.6. The minimum Gasteiger partial charge on any atom is -0.353 e. The predicted molar refractivity (Wildman–Crippen MR) is 487 cm³/mol. The van der Waals surface area contributed by atoms with E-state index in [0.717, 1.165) is 176 Å². The number of nitrogens with zero attached hydrogens (tertiary/aromatic N) is 2. The van der Waals surface area contributed by atoms with Crippen molar-refractivity contribution in [2.24, 2.45) is 0 Å². The molecule has 546 valence electrons. The first-order valence-corrected chi connectivity index (χ1v) is 41.1. The third-order valence-electron chi connectivity index (χ3n) is 28.0. The van der Waals surface area contributed by atoms with E-state index in [4.69, 9.17) is 9.97 Å². The number of H-pyrrole nitrogens is 2. The lowest BCUT2D eigenvalue weighted by molar-refractivity contribution is 0.660. The molecule has 0 spiro atoms. The number of benzene rings is 16. The maximum Gasteiger partial charge on any atom is 0.0816 e. The molecule has 4 heteroatoms. The molecule has 8 bridgehead atoms. The summed E-state index contributed by atoms with van der Waals surface area (Å²) >= 11 is 0. The molecule has 5 aliphatic carbocycles. The van der Waals surface area contributed by atoms with E-state index in [9.17, 15) is 0 Å². The van der Waals surface area contributed by atoms with Crippen LogP contribution in [-0.2, 0) is 21.7 Å². The molecule has 0 saturated carbocycles. The second kappa shape index (κ2) is 23.0. The number of hydrogen-bond donors (Lipinski definition) is 2. The van der Waals surface area contributed by atoms with E-state index >= 15 is 0 Å². The zero-order valence-corrected chi connectivity index (χ0v) is 65.9. The second-order valence-corrected chi connectivity index (χ2v) is 35.6. The van der Waals surface area contributed by atoms with Crippen molar-refractivity contribution < 1.29 is 0 Å². The van der Waals surface area contributed by atoms with Crippen LogP contribution in [0.15, 0.2) is 315 Å². The van der Waals surface area contributed by atoms with Gasteiger partial charge in [-0.2, -0.15) is 0 Å². The van der Waals surface area contributed by atoms with Crippen molar-refractivity contribution in [3.05, 3.63) is 360 Å². The number of rotatable bonds is 4. The Balaban J connectivity index is 0.961. The molecule has 0 atom stereocenters. The maximum absolute atomic E-state index is 6.65. The summed E-state index contributed by atoms with van der Waals surface area (Å²) < 4.78 is 0. The Morgan fingerprint density at radius 3 is 0.595 bits per heavy atom. The van der Waals surface area contributed by atoms with Gasteiger partial charge in [-0.25, -0.2) is 9.97 Å². The van der Waals surface area contributed by atoms with Gasteiger partial charge < -0.3 is 9.97 Å². The highest BCUT2D eigenvalue weighted by atomic mass is 14.8. The van der Waals surface area contributed by atoms with E-state index < -0.39 is 0 Å². The van der Waals surface area contributed by atoms with E-state index in [1.165, 1.54) is 89.0 Å². The molecule has 25 rings (SSSR count). The molecule has 0 amide bonds. The first kappa shape index (κ1) is 65.7. The Bertz CT molecular complexity index is 7030. The Morgan fingerprint density at radius 1 is 0.181 bits per heavy atom. The average molecular weight is 1480 g/mol. The van der Waals surface area contributed by atoms with Crippen molar-refractivity contribution in [1.82, 2.24) is 19.9 Å². The third kappa shape index (κ3) is 8.83. The Kier molecular flexibility index (Phi) is 13.0. The molecule has 2 aromatic heterocycles. The Hall–Kier alpha value is -13.8. The Morgan fingerprint density at radius 2 is 0.371 bits per heavy atom. The normalized spacial score (nSPS) is 14.8. The van der Waals surface area contributed by atoms with Crippen LogP contribution in [0.5, 0.6) is 0 Å². The highest BCUT2D eigenvalue weighted by Crippen LogP contribution is 2.60. The van der Waals surface area contributed by atoms with Crippen LogP contribution in [0.4, 0.5) is 0 Å². The van der Waals surface area contributed by atoms with E-state index in [0.29, 0.717) is 0 Å². The highest BCUT2D eigenvalue weighted by molar-refractivity contribution is 6.25. The van der Waals surface area contributed by atoms with E-state index in [-0.39, 0.29) is 21.7 Å². The van der Waals surface area contributed by atoms with Gasteiger partial charge in [-0.1, -0.05) is 298 Å². The van der Waals surface area contributed by atoms with Crippen molar-refractivity contribution in [2.45, 2.75) is 77.0 Å². The summed E-state index contributed by atoms with van der Waals surface area (Å²) in [7, 11) is 0. The zero-order valence-electron chi connectivity index (χ0n) is 65.9. The van der Waals surface area contributed by atoms with Crippen LogP contribution in [0.3, 0.4) is 0 Å². The van der Waals surface area contributed by atoms with Crippen LogP contribution >= 0.6 is 0 Å². The van der Waals surface area contributed by atoms with Crippen molar-refractivity contribution >= 4 is 86.7 Å². The molecule has 16 aromatic carbocycles. The van der Waals surface area contributed by atoms with Crippen molar-refractivity contribution in [2.75, 3.05) is 0 Å². The lowest BCUT2D eigenvalue weighted by atomic mass is 9.81. The minimum atomic E-state index is -0.327. The summed E-state index contributed by atoms with van der Waals surface area (Å²) in [6.45, 7) is 19.3. The van der Waals surface area contributed by atoms with Crippen LogP contribution < -0.4 is 0 Å². The van der Waals surface area contributed by atoms with Gasteiger partial charge in [-0.05, 0) is 227 Å². The summed E-state index contributed by atoms with van der Waals surface area (Å²) in [6.07, 6.45) is 0. The summed E-state index contributed by atoms with van der Waals surface area (Å²) in [6, 6.07) is 121. The van der Waals surface area contributed by atoms with Crippen LogP contribution in [0.1, 0.15) is 99.9 Å². The van der Waals surface area contributed by atoms with Gasteiger partial charge in [-0.15, -0.1) is 0 Å². The standard InChI is InChI=1S/C112H78N4/c1-109(2)89-37-21-17-33-73(89)77-45-41-69(57-93(77)109)97-101-81-49-61-25-9-11-27-63(61)51-83(81)103(113-101)98(70-42-46-78-74-34-18-22-38-90(74)110(3,4)94(78)58-70)105-85-53-65-29-13-15-31-67(65)55-87(85)107(115-105)100(72-44-48-80-76-36-20-24-40-92(76)112(7,8)96(80)60-72)108-88-56-68-32-16-14-30-66(68)54-86(88)106(116-108)99(104-84-52-64-28-12-10-26-62(64)50-82(84)102(97)114-104)71-43-47-79-75-35-19-23-39-91(75)111(5,6)95(79)59-71/h9-60,113,116H,1-8H3. The number of fused-ring (bicyclic) bond motifs is 16. The molecule has 18 aromatic rings. The first-order chi connectivity index (χ1) is 56.5. The first-order valence-electron chi connectivity index (χ1n) is 41.1. The molecular formula is C112H78N4. The molecule has 4 nitrogen and oxygen atoms in total. The SMILES string of the molecule is CC1(C)c2ccccc2-c2ccc(-c3c4nc(c(-c5ccc6c(c5)C(C)(C)c5ccccc5-6)c5[nH]c(c(-c6ccc7c(c6)C(C)(C)c6ccccc6-7)c6nc(c(-c7ccc8c(c7)C(C)(C)c7ccccc7-8)c7[nH]c3c3cc8ccccc8cc73)-c3cc7ccccc7cc3-6)c3cc6ccccc6cc53)-c3cc5ccccc5cc3-4)cc21. The fraction of sp³-hybridized carbons (Fsp3) is 0.107. The summed E-state index contributed by atoms with van der Waals surface area (Å²) in [4.78, 5) is 22.5. The van der Waals surface area contributed by atoms with Crippen molar-refractivity contribution in [1.29, 1.82) is 0 Å². The van der Waals surface area contributed by atoms with Crippen molar-refractivity contribution in [3.63, 3.8) is 0 Å². The molecule has 2 N–H and O–H groups in total. The van der Waals surface area contributed by atoms with Gasteiger partial charge in [0.15, 0.2) is 0 Å². The van der Waals surface area contributed by atoms with Crippen LogP contribution in [0.2, 0.25) is 0 Å². The fourth-order valence-corrected chi connectivity index (χ4v) is 22.1. The quantitative estimate of drug-likeness (QED) is 0.184. The number of nitrogens with one attached hydrogen (secondary N) is 2. The zero-order chi connectivity index (χ0) is 77.3. The molecule has 0 unspecified atom stereocenters. The highest BCUT2D eigenvalue weighted by Gasteiger charge is 2.42. The number of hydrogen-bond acceptors (Lipinski definition) is 2. The molecule has 116 heavy (non-hydrogen) atoms. The molecule has 0 radical (unpaired) electrons. The fourth-order valence-electron chi connectivity index (χ4n) is 22.1. The van der Waals surface area contributed by atoms with Crippen LogP contribution in [0.25, 0.3) is 221 Å². The lowest BCUT2D eigenvalue weighted by Gasteiger charge is -2.22. The maximum atomic E-state index is 6.65. The molecule has 0 fully saturated rings. The smallest absolute Gasteiger partial charge is 0.0816 e. The summed E-state index contributed by atoms with van der Waals surface area (Å²) in [5.74, 6) is 0. The van der Waals surface area contributed by atoms with Crippen molar-refractivity contribution in [3.8, 4) is 134 Å². The number of aromatic amines is 2. The summed E-state index contributed by atoms with van der Waals surface area (Å²) in [5, 5.41) is 13.6.